The van der Waals surface area contributed by atoms with Crippen molar-refractivity contribution >= 4 is 17.0 Å². The molecule has 3 heterocycles. The maximum Gasteiger partial charge on any atom is 0.320 e. The van der Waals surface area contributed by atoms with E-state index < -0.39 is 0 Å². The van der Waals surface area contributed by atoms with E-state index in [1.165, 1.54) is 0 Å². The summed E-state index contributed by atoms with van der Waals surface area (Å²) >= 11 is 0. The molecule has 1 saturated heterocycles. The van der Waals surface area contributed by atoms with Gasteiger partial charge in [0.1, 0.15) is 0 Å². The largest absolute Gasteiger partial charge is 0.499 e. The van der Waals surface area contributed by atoms with Crippen molar-refractivity contribution in [1.29, 1.82) is 0 Å². The first-order valence-corrected chi connectivity index (χ1v) is 8.63. The van der Waals surface area contributed by atoms with Gasteiger partial charge in [0, 0.05) is 13.0 Å². The molecule has 0 aliphatic carbocycles. The predicted octanol–water partition coefficient (Wildman–Crippen LogP) is 2.54. The van der Waals surface area contributed by atoms with Crippen molar-refractivity contribution in [1.82, 2.24) is 19.5 Å². The Morgan fingerprint density at radius 3 is 2.92 bits per heavy atom. The third kappa shape index (κ3) is 3.78. The van der Waals surface area contributed by atoms with Crippen LogP contribution >= 0.6 is 0 Å². The van der Waals surface area contributed by atoms with Crippen LogP contribution < -0.4 is 15.2 Å². The fraction of sp³-hybridized carbons (Fsp3) is 0.588. The molecule has 1 aliphatic heterocycles. The molecule has 2 aromatic heterocycles. The molecule has 8 heteroatoms. The maximum absolute atomic E-state index is 6.06. The molecule has 0 bridgehead atoms. The number of nitrogen functional groups attached to an aromatic ring is 1. The fourth-order valence-corrected chi connectivity index (χ4v) is 2.94. The molecular formula is C17H25N5O3. The van der Waals surface area contributed by atoms with Crippen LogP contribution in [0.2, 0.25) is 0 Å². The monoisotopic (exact) mass is 347 g/mol. The SMILES string of the molecule is C=C1CC(Cn2c(OC)nc3c(N)nc(OCCCC)nc32)CCO1. The number of anilines is 1. The first-order chi connectivity index (χ1) is 12.1. The Balaban J connectivity index is 1.92. The molecule has 3 rings (SSSR count). The molecule has 1 unspecified atom stereocenters. The number of unbranched alkanes of at least 4 members (excludes halogenated alkanes) is 1. The van der Waals surface area contributed by atoms with Gasteiger partial charge in [0.05, 0.1) is 26.1 Å². The van der Waals surface area contributed by atoms with E-state index in [-0.39, 0.29) is 6.01 Å². The summed E-state index contributed by atoms with van der Waals surface area (Å²) in [4.78, 5) is 13.1. The lowest BCUT2D eigenvalue weighted by molar-refractivity contribution is 0.125. The number of ether oxygens (including phenoxy) is 3. The highest BCUT2D eigenvalue weighted by molar-refractivity contribution is 5.83. The van der Waals surface area contributed by atoms with Crippen molar-refractivity contribution in [2.75, 3.05) is 26.1 Å². The summed E-state index contributed by atoms with van der Waals surface area (Å²) in [6.45, 7) is 7.97. The summed E-state index contributed by atoms with van der Waals surface area (Å²) < 4.78 is 18.4. The molecule has 25 heavy (non-hydrogen) atoms. The highest BCUT2D eigenvalue weighted by atomic mass is 16.5. The van der Waals surface area contributed by atoms with Gasteiger partial charge in [-0.15, -0.1) is 0 Å². The van der Waals surface area contributed by atoms with E-state index in [9.17, 15) is 0 Å². The van der Waals surface area contributed by atoms with Crippen molar-refractivity contribution in [3.8, 4) is 12.0 Å². The molecule has 1 atom stereocenters. The first-order valence-electron chi connectivity index (χ1n) is 8.63. The molecule has 2 N–H and O–H groups in total. The Morgan fingerprint density at radius 2 is 2.20 bits per heavy atom. The molecule has 8 nitrogen and oxygen atoms in total. The first kappa shape index (κ1) is 17.3. The molecule has 0 aromatic carbocycles. The minimum atomic E-state index is 0.277. The molecular weight excluding hydrogens is 322 g/mol. The van der Waals surface area contributed by atoms with Crippen molar-refractivity contribution in [3.05, 3.63) is 12.3 Å². The van der Waals surface area contributed by atoms with Gasteiger partial charge in [-0.05, 0) is 18.8 Å². The molecule has 2 aromatic rings. The number of nitrogens with two attached hydrogens (primary N) is 1. The standard InChI is InChI=1S/C17H25N5O3/c1-4-5-7-25-16-20-14(18)13-15(21-16)22(17(19-13)23-3)10-12-6-8-24-11(2)9-12/h12H,2,4-10H2,1,3H3,(H2,18,20,21). The van der Waals surface area contributed by atoms with E-state index in [4.69, 9.17) is 19.9 Å². The summed E-state index contributed by atoms with van der Waals surface area (Å²) in [5.74, 6) is 1.50. The molecule has 1 aliphatic rings. The van der Waals surface area contributed by atoms with E-state index in [1.54, 1.807) is 7.11 Å². The number of fused-ring (bicyclic) bond motifs is 1. The van der Waals surface area contributed by atoms with Gasteiger partial charge >= 0.3 is 6.01 Å². The van der Waals surface area contributed by atoms with Gasteiger partial charge in [-0.3, -0.25) is 4.57 Å². The zero-order valence-corrected chi connectivity index (χ0v) is 14.8. The Morgan fingerprint density at radius 1 is 1.36 bits per heavy atom. The van der Waals surface area contributed by atoms with Crippen LogP contribution in [0.3, 0.4) is 0 Å². The van der Waals surface area contributed by atoms with Crippen molar-refractivity contribution in [2.45, 2.75) is 39.2 Å². The van der Waals surface area contributed by atoms with Crippen LogP contribution in [0.4, 0.5) is 5.82 Å². The number of hydrogen-bond donors (Lipinski definition) is 1. The summed E-state index contributed by atoms with van der Waals surface area (Å²) in [7, 11) is 1.59. The van der Waals surface area contributed by atoms with Gasteiger partial charge in [0.25, 0.3) is 6.01 Å². The number of rotatable bonds is 7. The van der Waals surface area contributed by atoms with Crippen LogP contribution in [0, 0.1) is 5.92 Å². The number of nitrogens with zero attached hydrogens (tertiary/aromatic N) is 4. The average Bonchev–Trinajstić information content (AvgIpc) is 2.94. The summed E-state index contributed by atoms with van der Waals surface area (Å²) in [5.41, 5.74) is 7.22. The molecule has 0 spiro atoms. The number of methoxy groups -OCH3 is 1. The van der Waals surface area contributed by atoms with Crippen LogP contribution in [-0.4, -0.2) is 39.8 Å². The van der Waals surface area contributed by atoms with Crippen molar-refractivity contribution < 1.29 is 14.2 Å². The topological polar surface area (TPSA) is 97.3 Å². The summed E-state index contributed by atoms with van der Waals surface area (Å²) in [6, 6.07) is 0.748. The molecule has 0 saturated carbocycles. The minimum Gasteiger partial charge on any atom is -0.499 e. The van der Waals surface area contributed by atoms with E-state index in [2.05, 4.69) is 28.5 Å². The van der Waals surface area contributed by atoms with Crippen LogP contribution in [0.5, 0.6) is 12.0 Å². The van der Waals surface area contributed by atoms with Gasteiger partial charge in [-0.1, -0.05) is 19.9 Å². The maximum atomic E-state index is 6.06. The van der Waals surface area contributed by atoms with Crippen molar-refractivity contribution in [2.24, 2.45) is 5.92 Å². The van der Waals surface area contributed by atoms with Crippen LogP contribution in [0.25, 0.3) is 11.2 Å². The van der Waals surface area contributed by atoms with E-state index in [1.807, 2.05) is 4.57 Å². The van der Waals surface area contributed by atoms with E-state index >= 15 is 0 Å². The Kier molecular flexibility index (Phi) is 5.25. The molecule has 0 radical (unpaired) electrons. The van der Waals surface area contributed by atoms with E-state index in [0.29, 0.717) is 48.7 Å². The van der Waals surface area contributed by atoms with E-state index in [0.717, 1.165) is 31.4 Å². The quantitative estimate of drug-likeness (QED) is 0.769. The second-order valence-corrected chi connectivity index (χ2v) is 6.22. The second-order valence-electron chi connectivity index (χ2n) is 6.22. The number of allylic oxidation sites excluding steroid dienone is 1. The number of aromatic nitrogens is 4. The van der Waals surface area contributed by atoms with Gasteiger partial charge < -0.3 is 19.9 Å². The lowest BCUT2D eigenvalue weighted by Gasteiger charge is -2.25. The Hall–Kier alpha value is -2.51. The highest BCUT2D eigenvalue weighted by Crippen LogP contribution is 2.30. The smallest absolute Gasteiger partial charge is 0.320 e. The fourth-order valence-electron chi connectivity index (χ4n) is 2.94. The lowest BCUT2D eigenvalue weighted by atomic mass is 9.99. The molecule has 1 fully saturated rings. The number of hydrogen-bond acceptors (Lipinski definition) is 7. The Labute approximate surface area is 147 Å². The van der Waals surface area contributed by atoms with Crippen molar-refractivity contribution in [3.63, 3.8) is 0 Å². The van der Waals surface area contributed by atoms with Crippen LogP contribution in [-0.2, 0) is 11.3 Å². The predicted molar refractivity (Wildman–Crippen MR) is 94.5 cm³/mol. The average molecular weight is 347 g/mol. The lowest BCUT2D eigenvalue weighted by Crippen LogP contribution is -2.19. The van der Waals surface area contributed by atoms with Gasteiger partial charge in [-0.2, -0.15) is 15.0 Å². The minimum absolute atomic E-state index is 0.277. The third-order valence-electron chi connectivity index (χ3n) is 4.27. The zero-order valence-electron chi connectivity index (χ0n) is 14.8. The Bertz CT molecular complexity index is 758. The highest BCUT2D eigenvalue weighted by Gasteiger charge is 2.23. The van der Waals surface area contributed by atoms with Crippen LogP contribution in [0.1, 0.15) is 32.6 Å². The number of imidazole rings is 1. The summed E-state index contributed by atoms with van der Waals surface area (Å²) in [6.07, 6.45) is 3.73. The third-order valence-corrected chi connectivity index (χ3v) is 4.27. The summed E-state index contributed by atoms with van der Waals surface area (Å²) in [5, 5.41) is 0. The van der Waals surface area contributed by atoms with Gasteiger partial charge in [-0.25, -0.2) is 0 Å². The molecule has 0 amide bonds. The van der Waals surface area contributed by atoms with Gasteiger partial charge in [0.2, 0.25) is 0 Å². The normalized spacial score (nSPS) is 17.5. The zero-order chi connectivity index (χ0) is 17.8. The van der Waals surface area contributed by atoms with Gasteiger partial charge in [0.15, 0.2) is 17.0 Å². The second kappa shape index (κ2) is 7.58. The van der Waals surface area contributed by atoms with Crippen LogP contribution in [0.15, 0.2) is 12.3 Å². The molecule has 136 valence electrons.